The summed E-state index contributed by atoms with van der Waals surface area (Å²) < 4.78 is 5.56. The minimum Gasteiger partial charge on any atom is -0.490 e. The van der Waals surface area contributed by atoms with Crippen LogP contribution in [0.4, 0.5) is 11.4 Å². The van der Waals surface area contributed by atoms with Gasteiger partial charge in [0.1, 0.15) is 12.4 Å². The zero-order chi connectivity index (χ0) is 21.7. The number of anilines is 2. The Kier molecular flexibility index (Phi) is 6.95. The topological polar surface area (TPSA) is 87.7 Å². The lowest BCUT2D eigenvalue weighted by Gasteiger charge is -2.29. The molecule has 8 heteroatoms. The van der Waals surface area contributed by atoms with Crippen molar-refractivity contribution in [3.63, 3.8) is 0 Å². The van der Waals surface area contributed by atoms with E-state index in [1.807, 2.05) is 38.1 Å². The monoisotopic (exact) mass is 429 g/mol. The van der Waals surface area contributed by atoms with Crippen LogP contribution in [-0.4, -0.2) is 36.9 Å². The maximum atomic E-state index is 12.7. The smallest absolute Gasteiger partial charge is 0.253 e. The summed E-state index contributed by atoms with van der Waals surface area (Å²) in [6.45, 7) is 4.54. The number of halogens is 1. The highest BCUT2D eigenvalue weighted by Crippen LogP contribution is 2.31. The quantitative estimate of drug-likeness (QED) is 0.734. The molecule has 0 radical (unpaired) electrons. The largest absolute Gasteiger partial charge is 0.490 e. The van der Waals surface area contributed by atoms with Crippen LogP contribution in [0, 0.1) is 0 Å². The summed E-state index contributed by atoms with van der Waals surface area (Å²) >= 11 is 6.03. The Hall–Kier alpha value is -3.06. The summed E-state index contributed by atoms with van der Waals surface area (Å²) in [7, 11) is 0. The summed E-state index contributed by atoms with van der Waals surface area (Å²) in [5, 5.41) is 5.89. The third kappa shape index (κ3) is 5.30. The molecule has 0 unspecified atom stereocenters. The fourth-order valence-electron chi connectivity index (χ4n) is 3.15. The Balaban J connectivity index is 1.64. The van der Waals surface area contributed by atoms with Crippen LogP contribution in [0.2, 0.25) is 5.02 Å². The molecular weight excluding hydrogens is 406 g/mol. The Morgan fingerprint density at radius 1 is 1.13 bits per heavy atom. The predicted octanol–water partition coefficient (Wildman–Crippen LogP) is 3.62. The number of nitrogens with one attached hydrogen (secondary N) is 2. The molecule has 0 atom stereocenters. The van der Waals surface area contributed by atoms with Crippen LogP contribution in [0.1, 0.15) is 37.0 Å². The van der Waals surface area contributed by atoms with E-state index in [2.05, 4.69) is 10.6 Å². The van der Waals surface area contributed by atoms with E-state index in [0.29, 0.717) is 40.9 Å². The van der Waals surface area contributed by atoms with Crippen molar-refractivity contribution in [2.24, 2.45) is 0 Å². The van der Waals surface area contributed by atoms with Crippen molar-refractivity contribution in [2.75, 3.05) is 23.4 Å². The van der Waals surface area contributed by atoms with E-state index in [0.717, 1.165) is 0 Å². The van der Waals surface area contributed by atoms with Gasteiger partial charge in [-0.2, -0.15) is 0 Å². The number of benzene rings is 2. The van der Waals surface area contributed by atoms with Crippen molar-refractivity contribution in [3.05, 3.63) is 53.1 Å². The first-order valence-corrected chi connectivity index (χ1v) is 10.2. The van der Waals surface area contributed by atoms with E-state index in [1.54, 1.807) is 17.0 Å². The zero-order valence-electron chi connectivity index (χ0n) is 16.9. The van der Waals surface area contributed by atoms with Crippen LogP contribution in [-0.2, 0) is 9.59 Å². The van der Waals surface area contributed by atoms with Gasteiger partial charge in [-0.3, -0.25) is 14.4 Å². The molecule has 3 rings (SSSR count). The molecule has 1 aliphatic rings. The number of carbonyl (C=O) groups excluding carboxylic acids is 3. The Morgan fingerprint density at radius 2 is 1.90 bits per heavy atom. The molecular formula is C22H24ClN3O4. The third-order valence-electron chi connectivity index (χ3n) is 4.52. The van der Waals surface area contributed by atoms with Crippen LogP contribution in [0.15, 0.2) is 42.5 Å². The van der Waals surface area contributed by atoms with Crippen LogP contribution in [0.3, 0.4) is 0 Å². The number of para-hydroxylation sites is 2. The highest BCUT2D eigenvalue weighted by Gasteiger charge is 2.24. The van der Waals surface area contributed by atoms with Crippen molar-refractivity contribution < 1.29 is 19.1 Å². The number of fused-ring (bicyclic) bond motifs is 1. The van der Waals surface area contributed by atoms with Gasteiger partial charge in [0.25, 0.3) is 5.91 Å². The minimum atomic E-state index is -0.370. The molecule has 7 nitrogen and oxygen atoms in total. The lowest BCUT2D eigenvalue weighted by Crippen LogP contribution is -2.38. The average Bonchev–Trinajstić information content (AvgIpc) is 2.71. The minimum absolute atomic E-state index is 0.0177. The van der Waals surface area contributed by atoms with Gasteiger partial charge in [0.2, 0.25) is 11.8 Å². The molecule has 2 aromatic carbocycles. The standard InChI is InChI=1S/C22H24ClN3O4/c1-14(2)24-22(29)16-8-7-15(23)13-17(16)25-20(27)9-10-21(28)26-11-12-30-19-6-4-3-5-18(19)26/h3-8,13-14H,9-12H2,1-2H3,(H,24,29)(H,25,27). The van der Waals surface area contributed by atoms with Gasteiger partial charge in [-0.25, -0.2) is 0 Å². The molecule has 2 N–H and O–H groups in total. The maximum absolute atomic E-state index is 12.7. The van der Waals surface area contributed by atoms with Crippen molar-refractivity contribution in [2.45, 2.75) is 32.7 Å². The lowest BCUT2D eigenvalue weighted by molar-refractivity contribution is -0.122. The van der Waals surface area contributed by atoms with E-state index in [9.17, 15) is 14.4 Å². The van der Waals surface area contributed by atoms with Crippen molar-refractivity contribution in [1.82, 2.24) is 5.32 Å². The number of ether oxygens (including phenoxy) is 1. The SMILES string of the molecule is CC(C)NC(=O)c1ccc(Cl)cc1NC(=O)CCC(=O)N1CCOc2ccccc21. The van der Waals surface area contributed by atoms with Crippen LogP contribution in [0.5, 0.6) is 5.75 Å². The molecule has 0 aliphatic carbocycles. The Labute approximate surface area is 180 Å². The van der Waals surface area contributed by atoms with Crippen molar-refractivity contribution >= 4 is 40.7 Å². The third-order valence-corrected chi connectivity index (χ3v) is 4.75. The first-order valence-electron chi connectivity index (χ1n) is 9.77. The van der Waals surface area contributed by atoms with E-state index in [1.165, 1.54) is 6.07 Å². The van der Waals surface area contributed by atoms with Crippen LogP contribution < -0.4 is 20.3 Å². The van der Waals surface area contributed by atoms with E-state index in [4.69, 9.17) is 16.3 Å². The van der Waals surface area contributed by atoms with Gasteiger partial charge in [-0.15, -0.1) is 0 Å². The fourth-order valence-corrected chi connectivity index (χ4v) is 3.33. The molecule has 3 amide bonds. The number of amides is 3. The first kappa shape index (κ1) is 21.6. The molecule has 0 saturated carbocycles. The highest BCUT2D eigenvalue weighted by atomic mass is 35.5. The summed E-state index contributed by atoms with van der Waals surface area (Å²) in [4.78, 5) is 39.2. The van der Waals surface area contributed by atoms with Gasteiger partial charge in [0.15, 0.2) is 0 Å². The normalized spacial score (nSPS) is 12.7. The zero-order valence-corrected chi connectivity index (χ0v) is 17.7. The number of carbonyl (C=O) groups is 3. The second-order valence-corrected chi connectivity index (χ2v) is 7.66. The summed E-state index contributed by atoms with van der Waals surface area (Å²) in [6, 6.07) is 11.9. The highest BCUT2D eigenvalue weighted by molar-refractivity contribution is 6.31. The molecule has 30 heavy (non-hydrogen) atoms. The lowest BCUT2D eigenvalue weighted by atomic mass is 10.1. The van der Waals surface area contributed by atoms with Crippen molar-refractivity contribution in [3.8, 4) is 5.75 Å². The summed E-state index contributed by atoms with van der Waals surface area (Å²) in [5.41, 5.74) is 1.33. The molecule has 0 saturated heterocycles. The molecule has 158 valence electrons. The molecule has 1 aliphatic heterocycles. The van der Waals surface area contributed by atoms with Gasteiger partial charge in [-0.1, -0.05) is 23.7 Å². The van der Waals surface area contributed by atoms with E-state index < -0.39 is 0 Å². The number of hydrogen-bond donors (Lipinski definition) is 2. The second-order valence-electron chi connectivity index (χ2n) is 7.23. The molecule has 2 aromatic rings. The maximum Gasteiger partial charge on any atom is 0.253 e. The fraction of sp³-hybridized carbons (Fsp3) is 0.318. The van der Waals surface area contributed by atoms with Gasteiger partial charge in [0, 0.05) is 23.9 Å². The van der Waals surface area contributed by atoms with Gasteiger partial charge < -0.3 is 20.3 Å². The summed E-state index contributed by atoms with van der Waals surface area (Å²) in [5.74, 6) is -0.185. The molecule has 1 heterocycles. The molecule has 0 bridgehead atoms. The Bertz CT molecular complexity index is 961. The number of nitrogens with zero attached hydrogens (tertiary/aromatic N) is 1. The number of hydrogen-bond acceptors (Lipinski definition) is 4. The summed E-state index contributed by atoms with van der Waals surface area (Å²) in [6.07, 6.45) is 0.0182. The van der Waals surface area contributed by atoms with Crippen molar-refractivity contribution in [1.29, 1.82) is 0 Å². The Morgan fingerprint density at radius 3 is 2.67 bits per heavy atom. The van der Waals surface area contributed by atoms with E-state index >= 15 is 0 Å². The predicted molar refractivity (Wildman–Crippen MR) is 116 cm³/mol. The molecule has 0 spiro atoms. The molecule has 0 aromatic heterocycles. The van der Waals surface area contributed by atoms with Crippen LogP contribution >= 0.6 is 11.6 Å². The van der Waals surface area contributed by atoms with Gasteiger partial charge in [0.05, 0.1) is 23.5 Å². The first-order chi connectivity index (χ1) is 14.3. The van der Waals surface area contributed by atoms with Gasteiger partial charge >= 0.3 is 0 Å². The number of rotatable bonds is 6. The second kappa shape index (κ2) is 9.63. The van der Waals surface area contributed by atoms with Gasteiger partial charge in [-0.05, 0) is 44.2 Å². The molecule has 0 fully saturated rings. The van der Waals surface area contributed by atoms with E-state index in [-0.39, 0.29) is 36.6 Å². The van der Waals surface area contributed by atoms with Crippen LogP contribution in [0.25, 0.3) is 0 Å². The average molecular weight is 430 g/mol.